The lowest BCUT2D eigenvalue weighted by atomic mass is 9.70. The molecule has 54 heavy (non-hydrogen) atoms. The molecule has 1 aromatic rings. The third-order valence-electron chi connectivity index (χ3n) is 12.1. The number of urea groups is 1. The molecule has 302 valence electrons. The molecule has 3 aliphatic rings. The molecule has 4 rings (SSSR count). The standard InChI is InChI=1S/C39H63N7O7S/c1-10-12-18-26(31(47)34(49)40-11-2)42-33(48)30-29-25(38(29,6)7)23-46(30)35(50)32(39(8)20-15-13-16-21-39)44-36(51)43-27(37(3,4)5)24-45(9)54(52,53)28-19-14-17-22-41-28/h14,17,19,22,25-27,29-30,32H,10-13,15-16,18,20-21,23-24H2,1-9H3,(H,40,49)(H,42,48)(H2,43,44,51)/t25-,26?,27+,29-,30-,32+/m0/s1. The number of aromatic nitrogens is 1. The van der Waals surface area contributed by atoms with Crippen LogP contribution in [0.15, 0.2) is 29.4 Å². The highest BCUT2D eigenvalue weighted by Crippen LogP contribution is 2.65. The maximum atomic E-state index is 14.9. The van der Waals surface area contributed by atoms with Gasteiger partial charge >= 0.3 is 6.03 Å². The Kier molecular flexibility index (Phi) is 13.6. The molecule has 1 aliphatic heterocycles. The first kappa shape index (κ1) is 43.1. The van der Waals surface area contributed by atoms with E-state index in [2.05, 4.69) is 40.1 Å². The lowest BCUT2D eigenvalue weighted by Crippen LogP contribution is -2.63. The minimum Gasteiger partial charge on any atom is -0.350 e. The van der Waals surface area contributed by atoms with Crippen LogP contribution in [0.1, 0.15) is 107 Å². The van der Waals surface area contributed by atoms with Crippen LogP contribution >= 0.6 is 0 Å². The first-order chi connectivity index (χ1) is 25.2. The second kappa shape index (κ2) is 17.1. The molecule has 0 radical (unpaired) electrons. The van der Waals surface area contributed by atoms with Gasteiger partial charge in [-0.25, -0.2) is 18.2 Å². The van der Waals surface area contributed by atoms with Crippen molar-refractivity contribution in [3.8, 4) is 0 Å². The van der Waals surface area contributed by atoms with E-state index in [9.17, 15) is 32.4 Å². The van der Waals surface area contributed by atoms with Crippen molar-refractivity contribution in [2.45, 2.75) is 136 Å². The highest BCUT2D eigenvalue weighted by Gasteiger charge is 2.70. The first-order valence-electron chi connectivity index (χ1n) is 19.6. The summed E-state index contributed by atoms with van der Waals surface area (Å²) in [7, 11) is -2.50. The molecule has 14 nitrogen and oxygen atoms in total. The molecule has 5 amide bonds. The Morgan fingerprint density at radius 1 is 1.00 bits per heavy atom. The number of amides is 5. The van der Waals surface area contributed by atoms with Crippen molar-refractivity contribution in [2.24, 2.45) is 28.1 Å². The van der Waals surface area contributed by atoms with E-state index in [1.54, 1.807) is 24.0 Å². The highest BCUT2D eigenvalue weighted by molar-refractivity contribution is 7.89. The topological polar surface area (TPSA) is 187 Å². The molecule has 2 heterocycles. The number of carbonyl (C=O) groups excluding carboxylic acids is 5. The van der Waals surface area contributed by atoms with Crippen LogP contribution < -0.4 is 21.3 Å². The molecule has 15 heteroatoms. The first-order valence-corrected chi connectivity index (χ1v) is 21.0. The summed E-state index contributed by atoms with van der Waals surface area (Å²) in [5.74, 6) is -2.39. The Morgan fingerprint density at radius 2 is 1.67 bits per heavy atom. The van der Waals surface area contributed by atoms with Gasteiger partial charge in [-0.15, -0.1) is 0 Å². The number of fused-ring (bicyclic) bond motifs is 1. The molecule has 0 aromatic carbocycles. The number of carbonyl (C=O) groups is 5. The molecule has 4 N–H and O–H groups in total. The number of likely N-dealkylation sites (N-methyl/N-ethyl adjacent to an activating group) is 2. The third kappa shape index (κ3) is 9.43. The van der Waals surface area contributed by atoms with Crippen molar-refractivity contribution < 1.29 is 32.4 Å². The number of sulfonamides is 1. The van der Waals surface area contributed by atoms with Crippen LogP contribution in [0.5, 0.6) is 0 Å². The normalized spacial score (nSPS) is 23.4. The summed E-state index contributed by atoms with van der Waals surface area (Å²) in [4.78, 5) is 74.5. The third-order valence-corrected chi connectivity index (χ3v) is 13.9. The number of nitrogens with zero attached hydrogens (tertiary/aromatic N) is 3. The number of nitrogens with one attached hydrogen (secondary N) is 4. The summed E-state index contributed by atoms with van der Waals surface area (Å²) in [6, 6.07) is 0.508. The Labute approximate surface area is 321 Å². The van der Waals surface area contributed by atoms with Crippen LogP contribution in [-0.4, -0.2) is 103 Å². The molecule has 2 saturated carbocycles. The number of likely N-dealkylation sites (tertiary alicyclic amines) is 1. The number of rotatable bonds is 16. The Balaban J connectivity index is 1.60. The monoisotopic (exact) mass is 773 g/mol. The maximum Gasteiger partial charge on any atom is 0.315 e. The fourth-order valence-corrected chi connectivity index (χ4v) is 9.49. The Bertz CT molecular complexity index is 1640. The van der Waals surface area contributed by atoms with Gasteiger partial charge in [0.1, 0.15) is 12.1 Å². The van der Waals surface area contributed by atoms with E-state index in [1.807, 2.05) is 34.6 Å². The highest BCUT2D eigenvalue weighted by atomic mass is 32.2. The second-order valence-electron chi connectivity index (χ2n) is 17.5. The van der Waals surface area contributed by atoms with Crippen LogP contribution in [0.25, 0.3) is 0 Å². The molecule has 1 unspecified atom stereocenters. The van der Waals surface area contributed by atoms with E-state index in [-0.39, 0.29) is 41.3 Å². The van der Waals surface area contributed by atoms with E-state index >= 15 is 0 Å². The zero-order valence-corrected chi connectivity index (χ0v) is 34.5. The summed E-state index contributed by atoms with van der Waals surface area (Å²) in [6.45, 7) is 16.1. The zero-order chi connectivity index (χ0) is 40.2. The molecule has 6 atom stereocenters. The van der Waals surface area contributed by atoms with Crippen LogP contribution in [0.3, 0.4) is 0 Å². The van der Waals surface area contributed by atoms with Crippen LogP contribution in [0.4, 0.5) is 4.79 Å². The predicted octanol–water partition coefficient (Wildman–Crippen LogP) is 3.62. The molecule has 1 aromatic heterocycles. The summed E-state index contributed by atoms with van der Waals surface area (Å²) in [6.07, 6.45) is 7.26. The zero-order valence-electron chi connectivity index (χ0n) is 33.7. The van der Waals surface area contributed by atoms with Crippen molar-refractivity contribution >= 4 is 39.6 Å². The number of unbranched alkanes of at least 4 members (excludes halogenated alkanes) is 1. The number of piperidine rings is 1. The lowest BCUT2D eigenvalue weighted by molar-refractivity contribution is -0.146. The van der Waals surface area contributed by atoms with Gasteiger partial charge in [-0.2, -0.15) is 4.31 Å². The van der Waals surface area contributed by atoms with E-state index in [4.69, 9.17) is 0 Å². The van der Waals surface area contributed by atoms with Gasteiger partial charge in [0.25, 0.3) is 15.9 Å². The summed E-state index contributed by atoms with van der Waals surface area (Å²) in [5.41, 5.74) is -1.40. The fraction of sp³-hybridized carbons (Fsp3) is 0.744. The molecule has 1 saturated heterocycles. The molecule has 2 aliphatic carbocycles. The molecule has 0 bridgehead atoms. The maximum absolute atomic E-state index is 14.9. The van der Waals surface area contributed by atoms with Crippen LogP contribution in [-0.2, 0) is 29.2 Å². The Morgan fingerprint density at radius 3 is 2.24 bits per heavy atom. The molecular weight excluding hydrogens is 711 g/mol. The molecular formula is C39H63N7O7S. The van der Waals surface area contributed by atoms with Gasteiger partial charge in [0.2, 0.25) is 17.6 Å². The van der Waals surface area contributed by atoms with E-state index in [0.717, 1.165) is 25.7 Å². The number of hydrogen-bond acceptors (Lipinski definition) is 8. The van der Waals surface area contributed by atoms with E-state index < -0.39 is 68.6 Å². The summed E-state index contributed by atoms with van der Waals surface area (Å²) >= 11 is 0. The van der Waals surface area contributed by atoms with Crippen molar-refractivity contribution in [1.29, 1.82) is 0 Å². The van der Waals surface area contributed by atoms with Gasteiger partial charge in [-0.1, -0.05) is 86.6 Å². The molecule has 3 fully saturated rings. The van der Waals surface area contributed by atoms with Gasteiger partial charge in [-0.05, 0) is 66.4 Å². The number of Topliss-reactive ketones (excluding diaryl/α,β-unsaturated/α-hetero) is 1. The van der Waals surface area contributed by atoms with Crippen molar-refractivity contribution in [1.82, 2.24) is 35.5 Å². The largest absolute Gasteiger partial charge is 0.350 e. The number of hydrogen-bond donors (Lipinski definition) is 4. The number of pyridine rings is 1. The number of ketones is 1. The minimum atomic E-state index is -3.95. The Hall–Kier alpha value is -3.59. The predicted molar refractivity (Wildman–Crippen MR) is 205 cm³/mol. The van der Waals surface area contributed by atoms with Crippen molar-refractivity contribution in [2.75, 3.05) is 26.7 Å². The SMILES string of the molecule is CCCCC(NC(=O)[C@@H]1[C@@H]2[C@H](CN1C(=O)[C@@H](NC(=O)N[C@H](CN(C)S(=O)(=O)c1ccccn1)C(C)(C)C)C1(C)CCCCC1)C2(C)C)C(=O)C(=O)NCC. The van der Waals surface area contributed by atoms with Crippen molar-refractivity contribution in [3.05, 3.63) is 24.4 Å². The van der Waals surface area contributed by atoms with Gasteiger partial charge in [0.15, 0.2) is 5.03 Å². The summed E-state index contributed by atoms with van der Waals surface area (Å²) in [5, 5.41) is 11.3. The van der Waals surface area contributed by atoms with Crippen LogP contribution in [0, 0.1) is 28.1 Å². The fourth-order valence-electron chi connectivity index (χ4n) is 8.38. The van der Waals surface area contributed by atoms with Gasteiger partial charge in [0.05, 0.1) is 6.04 Å². The second-order valence-corrected chi connectivity index (χ2v) is 19.4. The molecule has 0 spiro atoms. The van der Waals surface area contributed by atoms with E-state index in [1.165, 1.54) is 23.6 Å². The average molecular weight is 774 g/mol. The van der Waals surface area contributed by atoms with Crippen molar-refractivity contribution in [3.63, 3.8) is 0 Å². The van der Waals surface area contributed by atoms with Gasteiger partial charge < -0.3 is 26.2 Å². The average Bonchev–Trinajstić information content (AvgIpc) is 3.42. The minimum absolute atomic E-state index is 0.0489. The van der Waals surface area contributed by atoms with Gasteiger partial charge in [0, 0.05) is 38.9 Å². The smallest absolute Gasteiger partial charge is 0.315 e. The summed E-state index contributed by atoms with van der Waals surface area (Å²) < 4.78 is 27.8. The van der Waals surface area contributed by atoms with Crippen LogP contribution in [0.2, 0.25) is 0 Å². The quantitative estimate of drug-likeness (QED) is 0.184. The van der Waals surface area contributed by atoms with Gasteiger partial charge in [-0.3, -0.25) is 19.2 Å². The lowest BCUT2D eigenvalue weighted by Gasteiger charge is -2.43. The van der Waals surface area contributed by atoms with E-state index in [0.29, 0.717) is 32.2 Å².